The Hall–Kier alpha value is -0.610. The highest BCUT2D eigenvalue weighted by Gasteiger charge is 2.14. The topological polar surface area (TPSA) is 64.3 Å². The maximum atomic E-state index is 12.4. The van der Waals surface area contributed by atoms with Gasteiger partial charge in [0.15, 0.2) is 0 Å². The van der Waals surface area contributed by atoms with Gasteiger partial charge in [-0.15, -0.1) is 0 Å². The lowest BCUT2D eigenvalue weighted by atomic mass is 10.0. The van der Waals surface area contributed by atoms with Gasteiger partial charge in [0.1, 0.15) is 6.10 Å². The summed E-state index contributed by atoms with van der Waals surface area (Å²) in [5, 5.41) is 3.42. The second kappa shape index (κ2) is 25.6. The molecule has 0 fully saturated rings. The summed E-state index contributed by atoms with van der Waals surface area (Å²) in [7, 11) is 0. The monoisotopic (exact) mass is 440 g/mol. The Labute approximate surface area is 194 Å². The number of nitrogens with two attached hydrogens (primary N) is 1. The van der Waals surface area contributed by atoms with Crippen LogP contribution in [0.4, 0.5) is 0 Å². The fourth-order valence-electron chi connectivity index (χ4n) is 4.04. The number of carbonyl (C=O) groups excluding carboxylic acids is 1. The minimum Gasteiger partial charge on any atom is -0.462 e. The summed E-state index contributed by atoms with van der Waals surface area (Å²) in [5.74, 6) is 0.0352. The molecule has 0 spiro atoms. The van der Waals surface area contributed by atoms with Gasteiger partial charge >= 0.3 is 5.97 Å². The molecule has 0 saturated heterocycles. The zero-order valence-corrected chi connectivity index (χ0v) is 21.2. The summed E-state index contributed by atoms with van der Waals surface area (Å²) in [4.78, 5) is 12.4. The van der Waals surface area contributed by atoms with Gasteiger partial charge in [0.2, 0.25) is 0 Å². The highest BCUT2D eigenvalue weighted by molar-refractivity contribution is 5.69. The molecule has 4 nitrogen and oxygen atoms in total. The van der Waals surface area contributed by atoms with Gasteiger partial charge in [-0.2, -0.15) is 0 Å². The molecule has 4 heteroatoms. The van der Waals surface area contributed by atoms with Gasteiger partial charge in [-0.25, -0.2) is 0 Å². The van der Waals surface area contributed by atoms with Crippen LogP contribution in [0.15, 0.2) is 0 Å². The Morgan fingerprint density at radius 1 is 0.677 bits per heavy atom. The van der Waals surface area contributed by atoms with Crippen molar-refractivity contribution in [3.63, 3.8) is 0 Å². The predicted octanol–water partition coefficient (Wildman–Crippen LogP) is 7.29. The van der Waals surface area contributed by atoms with Gasteiger partial charge in [-0.1, -0.05) is 90.9 Å². The van der Waals surface area contributed by atoms with Gasteiger partial charge in [0.25, 0.3) is 0 Å². The van der Waals surface area contributed by atoms with E-state index < -0.39 is 0 Å². The first-order valence-electron chi connectivity index (χ1n) is 13.8. The second-order valence-corrected chi connectivity index (χ2v) is 9.28. The maximum Gasteiger partial charge on any atom is 0.306 e. The van der Waals surface area contributed by atoms with Crippen molar-refractivity contribution in [2.75, 3.05) is 19.6 Å². The molecule has 31 heavy (non-hydrogen) atoms. The van der Waals surface area contributed by atoms with E-state index in [9.17, 15) is 4.79 Å². The lowest BCUT2D eigenvalue weighted by Gasteiger charge is -2.18. The second-order valence-electron chi connectivity index (χ2n) is 9.28. The van der Waals surface area contributed by atoms with Crippen molar-refractivity contribution < 1.29 is 9.53 Å². The molecular formula is C27H56N2O2. The first kappa shape index (κ1) is 30.4. The fourth-order valence-corrected chi connectivity index (χ4v) is 4.04. The third-order valence-electron chi connectivity index (χ3n) is 6.10. The lowest BCUT2D eigenvalue weighted by Crippen LogP contribution is -2.19. The minimum absolute atomic E-state index is 0.0352. The van der Waals surface area contributed by atoms with E-state index >= 15 is 0 Å². The molecule has 0 aliphatic rings. The molecule has 0 saturated carbocycles. The van der Waals surface area contributed by atoms with Crippen LogP contribution >= 0.6 is 0 Å². The number of nitrogens with one attached hydrogen (secondary N) is 1. The van der Waals surface area contributed by atoms with E-state index in [4.69, 9.17) is 10.5 Å². The van der Waals surface area contributed by atoms with Crippen LogP contribution in [0.5, 0.6) is 0 Å². The van der Waals surface area contributed by atoms with Crippen molar-refractivity contribution in [1.29, 1.82) is 0 Å². The van der Waals surface area contributed by atoms with Crippen molar-refractivity contribution in [3.8, 4) is 0 Å². The third kappa shape index (κ3) is 23.9. The molecule has 0 aromatic carbocycles. The average molecular weight is 441 g/mol. The minimum atomic E-state index is 0.0352. The number of unbranched alkanes of at least 4 members (excludes halogenated alkanes) is 13. The molecule has 0 radical (unpaired) electrons. The zero-order chi connectivity index (χ0) is 22.8. The molecule has 0 rings (SSSR count). The largest absolute Gasteiger partial charge is 0.462 e. The third-order valence-corrected chi connectivity index (χ3v) is 6.10. The molecule has 1 unspecified atom stereocenters. The summed E-state index contributed by atoms with van der Waals surface area (Å²) in [6.45, 7) is 7.39. The molecule has 0 bridgehead atoms. The van der Waals surface area contributed by atoms with E-state index in [-0.39, 0.29) is 12.1 Å². The molecule has 0 aliphatic carbocycles. The van der Waals surface area contributed by atoms with E-state index in [1.54, 1.807) is 0 Å². The first-order chi connectivity index (χ1) is 15.2. The van der Waals surface area contributed by atoms with Gasteiger partial charge in [0, 0.05) is 6.42 Å². The van der Waals surface area contributed by atoms with Crippen LogP contribution in [-0.2, 0) is 9.53 Å². The lowest BCUT2D eigenvalue weighted by molar-refractivity contribution is -0.150. The van der Waals surface area contributed by atoms with Crippen LogP contribution in [0.3, 0.4) is 0 Å². The molecular weight excluding hydrogens is 384 g/mol. The van der Waals surface area contributed by atoms with Gasteiger partial charge < -0.3 is 15.8 Å². The predicted molar refractivity (Wildman–Crippen MR) is 135 cm³/mol. The average Bonchev–Trinajstić information content (AvgIpc) is 2.77. The smallest absolute Gasteiger partial charge is 0.306 e. The number of hydrogen-bond acceptors (Lipinski definition) is 4. The van der Waals surface area contributed by atoms with Crippen molar-refractivity contribution in [3.05, 3.63) is 0 Å². The molecule has 3 N–H and O–H groups in total. The number of carbonyl (C=O) groups is 1. The number of rotatable bonds is 25. The van der Waals surface area contributed by atoms with E-state index in [2.05, 4.69) is 19.2 Å². The van der Waals surface area contributed by atoms with E-state index in [0.29, 0.717) is 6.42 Å². The van der Waals surface area contributed by atoms with E-state index in [1.807, 2.05) is 0 Å². The molecule has 0 aliphatic heterocycles. The van der Waals surface area contributed by atoms with Gasteiger partial charge in [-0.3, -0.25) is 4.79 Å². The van der Waals surface area contributed by atoms with Crippen molar-refractivity contribution in [1.82, 2.24) is 5.32 Å². The molecule has 0 amide bonds. The quantitative estimate of drug-likeness (QED) is 0.116. The standard InChI is InChI=1S/C27H56N2O2/c1-3-5-7-9-12-16-21-26(20-15-11-8-6-4-2)31-27(30)22-17-13-10-14-18-24-29-25-19-23-28/h26,29H,3-25,28H2,1-2H3. The molecule has 0 aromatic heterocycles. The molecule has 0 heterocycles. The van der Waals surface area contributed by atoms with Gasteiger partial charge in [-0.05, 0) is 64.6 Å². The summed E-state index contributed by atoms with van der Waals surface area (Å²) >= 11 is 0. The van der Waals surface area contributed by atoms with Crippen molar-refractivity contribution in [2.45, 2.75) is 148 Å². The maximum absolute atomic E-state index is 12.4. The Kier molecular flexibility index (Phi) is 25.1. The fraction of sp³-hybridized carbons (Fsp3) is 0.963. The highest BCUT2D eigenvalue weighted by atomic mass is 16.5. The van der Waals surface area contributed by atoms with Crippen LogP contribution in [0, 0.1) is 0 Å². The van der Waals surface area contributed by atoms with Gasteiger partial charge in [0.05, 0.1) is 0 Å². The number of hydrogen-bond donors (Lipinski definition) is 2. The van der Waals surface area contributed by atoms with Crippen molar-refractivity contribution in [2.24, 2.45) is 5.73 Å². The number of ether oxygens (including phenoxy) is 1. The molecule has 1 atom stereocenters. The zero-order valence-electron chi connectivity index (χ0n) is 21.2. The van der Waals surface area contributed by atoms with Crippen LogP contribution in [0.2, 0.25) is 0 Å². The summed E-state index contributed by atoms with van der Waals surface area (Å²) in [6.07, 6.45) is 23.9. The van der Waals surface area contributed by atoms with Crippen LogP contribution < -0.4 is 11.1 Å². The SMILES string of the molecule is CCCCCCCCC(CCCCCCC)OC(=O)CCCCCCCNCCCN. The Morgan fingerprint density at radius 3 is 1.74 bits per heavy atom. The van der Waals surface area contributed by atoms with E-state index in [1.165, 1.54) is 89.9 Å². The number of esters is 1. The summed E-state index contributed by atoms with van der Waals surface area (Å²) in [5.41, 5.74) is 5.49. The Bertz CT molecular complexity index is 363. The highest BCUT2D eigenvalue weighted by Crippen LogP contribution is 2.18. The Balaban J connectivity index is 3.88. The molecule has 186 valence electrons. The Morgan fingerprint density at radius 2 is 1.16 bits per heavy atom. The van der Waals surface area contributed by atoms with Crippen molar-refractivity contribution >= 4 is 5.97 Å². The normalized spacial score (nSPS) is 12.2. The summed E-state index contributed by atoms with van der Waals surface area (Å²) in [6, 6.07) is 0. The first-order valence-corrected chi connectivity index (χ1v) is 13.8. The molecule has 0 aromatic rings. The van der Waals surface area contributed by atoms with E-state index in [0.717, 1.165) is 51.7 Å². The van der Waals surface area contributed by atoms with Crippen LogP contribution in [0.1, 0.15) is 142 Å². The van der Waals surface area contributed by atoms with Crippen LogP contribution in [-0.4, -0.2) is 31.7 Å². The summed E-state index contributed by atoms with van der Waals surface area (Å²) < 4.78 is 5.91. The van der Waals surface area contributed by atoms with Crippen LogP contribution in [0.25, 0.3) is 0 Å².